The van der Waals surface area contributed by atoms with Crippen molar-refractivity contribution in [1.82, 2.24) is 0 Å². The van der Waals surface area contributed by atoms with Crippen molar-refractivity contribution in [2.24, 2.45) is 0 Å². The highest BCUT2D eigenvalue weighted by Gasteiger charge is 2.02. The molecular weight excluding hydrogens is 204 g/mol. The van der Waals surface area contributed by atoms with Crippen LogP contribution in [-0.4, -0.2) is 0 Å². The van der Waals surface area contributed by atoms with Crippen LogP contribution < -0.4 is 0 Å². The normalized spacial score (nSPS) is 10.4. The van der Waals surface area contributed by atoms with Gasteiger partial charge in [0.1, 0.15) is 0 Å². The summed E-state index contributed by atoms with van der Waals surface area (Å²) in [6, 6.07) is 20.9. The van der Waals surface area contributed by atoms with Gasteiger partial charge in [-0.1, -0.05) is 78.9 Å². The summed E-state index contributed by atoms with van der Waals surface area (Å²) in [7, 11) is 0. The quantitative estimate of drug-likeness (QED) is 0.658. The maximum Gasteiger partial charge on any atom is -0.0112 e. The van der Waals surface area contributed by atoms with Crippen LogP contribution in [0.15, 0.2) is 78.9 Å². The second-order valence-electron chi connectivity index (χ2n) is 3.84. The minimum atomic E-state index is 1.25. The molecule has 0 saturated heterocycles. The van der Waals surface area contributed by atoms with Gasteiger partial charge in [0.25, 0.3) is 0 Å². The van der Waals surface area contributed by atoms with Crippen molar-refractivity contribution in [1.29, 1.82) is 0 Å². The fraction of sp³-hybridized carbons (Fsp3) is 0.0588. The van der Waals surface area contributed by atoms with Crippen LogP contribution in [0.3, 0.4) is 0 Å². The molecule has 0 radical (unpaired) electrons. The molecular formula is C17H16. The molecule has 17 heavy (non-hydrogen) atoms. The van der Waals surface area contributed by atoms with E-state index in [0.29, 0.717) is 0 Å². The third-order valence-electron chi connectivity index (χ3n) is 2.62. The molecule has 0 heteroatoms. The van der Waals surface area contributed by atoms with Crippen molar-refractivity contribution >= 4 is 5.57 Å². The molecule has 0 nitrogen and oxygen atoms in total. The number of hydrogen-bond acceptors (Lipinski definition) is 0. The molecule has 0 aliphatic carbocycles. The third-order valence-corrected chi connectivity index (χ3v) is 2.62. The van der Waals surface area contributed by atoms with Crippen molar-refractivity contribution in [3.8, 4) is 0 Å². The number of rotatable bonds is 3. The van der Waals surface area contributed by atoms with E-state index in [0.717, 1.165) is 0 Å². The minimum absolute atomic E-state index is 1.25. The Morgan fingerprint density at radius 2 is 1.24 bits per heavy atom. The van der Waals surface area contributed by atoms with Gasteiger partial charge in [-0.2, -0.15) is 0 Å². The van der Waals surface area contributed by atoms with Crippen LogP contribution in [0.4, 0.5) is 0 Å². The Labute approximate surface area is 103 Å². The Kier molecular flexibility index (Phi) is 3.93. The highest BCUT2D eigenvalue weighted by Crippen LogP contribution is 2.22. The molecule has 0 aliphatic rings. The lowest BCUT2D eigenvalue weighted by atomic mass is 9.97. The molecule has 2 aromatic carbocycles. The molecule has 0 atom stereocenters. The summed E-state index contributed by atoms with van der Waals surface area (Å²) >= 11 is 0. The summed E-state index contributed by atoms with van der Waals surface area (Å²) in [5.41, 5.74) is 3.75. The van der Waals surface area contributed by atoms with E-state index in [1.807, 2.05) is 25.1 Å². The second-order valence-corrected chi connectivity index (χ2v) is 3.84. The second kappa shape index (κ2) is 5.86. The van der Waals surface area contributed by atoms with E-state index >= 15 is 0 Å². The summed E-state index contributed by atoms with van der Waals surface area (Å²) < 4.78 is 0. The fourth-order valence-corrected chi connectivity index (χ4v) is 1.79. The van der Waals surface area contributed by atoms with Crippen LogP contribution in [0.5, 0.6) is 0 Å². The first kappa shape index (κ1) is 11.4. The van der Waals surface area contributed by atoms with E-state index in [1.54, 1.807) is 0 Å². The van der Waals surface area contributed by atoms with Gasteiger partial charge in [-0.25, -0.2) is 0 Å². The van der Waals surface area contributed by atoms with Gasteiger partial charge in [-0.05, 0) is 23.6 Å². The highest BCUT2D eigenvalue weighted by molar-refractivity contribution is 5.80. The molecule has 0 aliphatic heterocycles. The van der Waals surface area contributed by atoms with Gasteiger partial charge >= 0.3 is 0 Å². The summed E-state index contributed by atoms with van der Waals surface area (Å²) in [4.78, 5) is 0. The van der Waals surface area contributed by atoms with E-state index in [9.17, 15) is 0 Å². The van der Waals surface area contributed by atoms with E-state index in [1.165, 1.54) is 16.7 Å². The van der Waals surface area contributed by atoms with Crippen LogP contribution in [0.1, 0.15) is 18.1 Å². The highest BCUT2D eigenvalue weighted by atomic mass is 14.1. The average Bonchev–Trinajstić information content (AvgIpc) is 2.42. The SMILES string of the molecule is C/C=C/C=C(c1ccccc1)c1ccccc1. The Balaban J connectivity index is 2.47. The molecule has 0 amide bonds. The number of benzene rings is 2. The van der Waals surface area contributed by atoms with Crippen molar-refractivity contribution in [2.45, 2.75) is 6.92 Å². The van der Waals surface area contributed by atoms with Crippen LogP contribution in [0, 0.1) is 0 Å². The van der Waals surface area contributed by atoms with E-state index in [-0.39, 0.29) is 0 Å². The van der Waals surface area contributed by atoms with Gasteiger partial charge in [-0.3, -0.25) is 0 Å². The van der Waals surface area contributed by atoms with E-state index in [2.05, 4.69) is 60.7 Å². The third kappa shape index (κ3) is 2.94. The van der Waals surface area contributed by atoms with Crippen molar-refractivity contribution in [3.63, 3.8) is 0 Å². The maximum absolute atomic E-state index is 2.16. The monoisotopic (exact) mass is 220 g/mol. The maximum atomic E-state index is 2.16. The summed E-state index contributed by atoms with van der Waals surface area (Å²) in [6.07, 6.45) is 6.28. The molecule has 0 spiro atoms. The van der Waals surface area contributed by atoms with Crippen LogP contribution in [-0.2, 0) is 0 Å². The number of hydrogen-bond donors (Lipinski definition) is 0. The smallest absolute Gasteiger partial charge is 0.0112 e. The molecule has 0 bridgehead atoms. The largest absolute Gasteiger partial charge is 0.0876 e. The Morgan fingerprint density at radius 3 is 1.65 bits per heavy atom. The van der Waals surface area contributed by atoms with Gasteiger partial charge in [0.15, 0.2) is 0 Å². The summed E-state index contributed by atoms with van der Waals surface area (Å²) in [6.45, 7) is 2.03. The molecule has 0 N–H and O–H groups in total. The fourth-order valence-electron chi connectivity index (χ4n) is 1.79. The van der Waals surface area contributed by atoms with Crippen LogP contribution in [0.25, 0.3) is 5.57 Å². The van der Waals surface area contributed by atoms with Crippen molar-refractivity contribution in [2.75, 3.05) is 0 Å². The Morgan fingerprint density at radius 1 is 0.765 bits per heavy atom. The first-order valence-electron chi connectivity index (χ1n) is 5.85. The first-order valence-corrected chi connectivity index (χ1v) is 5.85. The topological polar surface area (TPSA) is 0 Å². The van der Waals surface area contributed by atoms with Gasteiger partial charge in [0, 0.05) is 0 Å². The first-order chi connectivity index (χ1) is 8.42. The predicted octanol–water partition coefficient (Wildman–Crippen LogP) is 4.69. The predicted molar refractivity (Wildman–Crippen MR) is 74.8 cm³/mol. The molecule has 0 aromatic heterocycles. The average molecular weight is 220 g/mol. The van der Waals surface area contributed by atoms with E-state index < -0.39 is 0 Å². The molecule has 0 heterocycles. The zero-order chi connectivity index (χ0) is 11.9. The molecule has 0 saturated carbocycles. The molecule has 2 rings (SSSR count). The molecule has 84 valence electrons. The molecule has 2 aromatic rings. The lowest BCUT2D eigenvalue weighted by Gasteiger charge is -2.07. The Hall–Kier alpha value is -2.08. The van der Waals surface area contributed by atoms with Gasteiger partial charge in [0.05, 0.1) is 0 Å². The lowest BCUT2D eigenvalue weighted by molar-refractivity contribution is 1.54. The van der Waals surface area contributed by atoms with Gasteiger partial charge in [0.2, 0.25) is 0 Å². The summed E-state index contributed by atoms with van der Waals surface area (Å²) in [5, 5.41) is 0. The van der Waals surface area contributed by atoms with Crippen molar-refractivity contribution < 1.29 is 0 Å². The zero-order valence-electron chi connectivity index (χ0n) is 10.0. The van der Waals surface area contributed by atoms with Gasteiger partial charge < -0.3 is 0 Å². The summed E-state index contributed by atoms with van der Waals surface area (Å²) in [5.74, 6) is 0. The van der Waals surface area contributed by atoms with Crippen molar-refractivity contribution in [3.05, 3.63) is 90.0 Å². The van der Waals surface area contributed by atoms with E-state index in [4.69, 9.17) is 0 Å². The Bertz CT molecular complexity index is 463. The van der Waals surface area contributed by atoms with Gasteiger partial charge in [-0.15, -0.1) is 0 Å². The lowest BCUT2D eigenvalue weighted by Crippen LogP contribution is -1.86. The molecule has 0 unspecified atom stereocenters. The zero-order valence-corrected chi connectivity index (χ0v) is 10.0. The number of allylic oxidation sites excluding steroid dienone is 3. The van der Waals surface area contributed by atoms with Crippen LogP contribution in [0.2, 0.25) is 0 Å². The molecule has 0 fully saturated rings. The standard InChI is InChI=1S/C17H16/c1-2-3-14-17(15-10-6-4-7-11-15)16-12-8-5-9-13-16/h2-14H,1H3/b3-2+. The van der Waals surface area contributed by atoms with Crippen LogP contribution >= 0.6 is 0 Å². The minimum Gasteiger partial charge on any atom is -0.0876 e.